The number of halogens is 3. The van der Waals surface area contributed by atoms with Gasteiger partial charge in [0.25, 0.3) is 5.92 Å². The second-order valence-electron chi connectivity index (χ2n) is 6.45. The van der Waals surface area contributed by atoms with Crippen LogP contribution in [-0.2, 0) is 25.4 Å². The Morgan fingerprint density at radius 2 is 2.17 bits per heavy atom. The van der Waals surface area contributed by atoms with Gasteiger partial charge in [-0.15, -0.1) is 0 Å². The van der Waals surface area contributed by atoms with Gasteiger partial charge in [-0.25, -0.2) is 9.18 Å². The maximum atomic E-state index is 14.6. The lowest BCUT2D eigenvalue weighted by Gasteiger charge is -2.32. The molecule has 0 aromatic carbocycles. The van der Waals surface area contributed by atoms with Crippen molar-refractivity contribution in [3.63, 3.8) is 0 Å². The highest BCUT2D eigenvalue weighted by Crippen LogP contribution is 2.44. The number of fused-ring (bicyclic) bond motifs is 3. The Bertz CT molecular complexity index is 649. The van der Waals surface area contributed by atoms with Crippen molar-refractivity contribution in [3.05, 3.63) is 17.0 Å². The summed E-state index contributed by atoms with van der Waals surface area (Å²) in [5.41, 5.74) is -1.85. The van der Waals surface area contributed by atoms with Crippen molar-refractivity contribution in [3.8, 4) is 0 Å². The lowest BCUT2D eigenvalue weighted by molar-refractivity contribution is -0.102. The summed E-state index contributed by atoms with van der Waals surface area (Å²) in [6, 6.07) is -0.351. The predicted molar refractivity (Wildman–Crippen MR) is 73.0 cm³/mol. The second-order valence-corrected chi connectivity index (χ2v) is 6.45. The second kappa shape index (κ2) is 5.12. The van der Waals surface area contributed by atoms with Crippen LogP contribution in [0.5, 0.6) is 0 Å². The number of hydrogen-bond donors (Lipinski definition) is 2. The average molecular weight is 333 g/mol. The minimum Gasteiger partial charge on any atom is -0.465 e. The number of hydrogen-bond acceptors (Lipinski definition) is 3. The summed E-state index contributed by atoms with van der Waals surface area (Å²) >= 11 is 0. The summed E-state index contributed by atoms with van der Waals surface area (Å²) in [6.45, 7) is 0.236. The van der Waals surface area contributed by atoms with Crippen molar-refractivity contribution in [1.29, 1.82) is 0 Å². The normalized spacial score (nSPS) is 29.6. The van der Waals surface area contributed by atoms with Gasteiger partial charge in [0, 0.05) is 31.0 Å². The Hall–Kier alpha value is -1.77. The quantitative estimate of drug-likeness (QED) is 0.823. The molecule has 1 amide bonds. The van der Waals surface area contributed by atoms with Crippen LogP contribution in [0.15, 0.2) is 0 Å². The van der Waals surface area contributed by atoms with E-state index in [1.807, 2.05) is 0 Å². The Labute approximate surface area is 130 Å². The van der Waals surface area contributed by atoms with Gasteiger partial charge in [-0.05, 0) is 13.3 Å². The van der Waals surface area contributed by atoms with Crippen LogP contribution in [0.25, 0.3) is 0 Å². The molecule has 2 N–H and O–H groups in total. The first-order valence-electron chi connectivity index (χ1n) is 7.41. The highest BCUT2D eigenvalue weighted by molar-refractivity contribution is 5.66. The van der Waals surface area contributed by atoms with E-state index in [0.29, 0.717) is 5.69 Å². The number of carboxylic acid groups (broad SMARTS) is 1. The van der Waals surface area contributed by atoms with Crippen LogP contribution in [0, 0.1) is 0 Å². The van der Waals surface area contributed by atoms with E-state index in [1.165, 1.54) is 0 Å². The highest BCUT2D eigenvalue weighted by Gasteiger charge is 2.50. The minimum atomic E-state index is -3.47. The standard InChI is InChI=1S/C14H18F3N3O3/c1-8-4-10-9(5-19(8)12(21)22)11-14(16,17)6-13(23,7-15)2-3-20(11)18-10/h8,23H,2-7H2,1H3,(H,21,22). The van der Waals surface area contributed by atoms with E-state index in [-0.39, 0.29) is 37.5 Å². The largest absolute Gasteiger partial charge is 0.465 e. The average Bonchev–Trinajstić information content (AvgIpc) is 2.77. The number of rotatable bonds is 1. The molecule has 0 aliphatic carbocycles. The summed E-state index contributed by atoms with van der Waals surface area (Å²) in [6.07, 6.45) is -2.12. The van der Waals surface area contributed by atoms with E-state index in [1.54, 1.807) is 6.92 Å². The number of carbonyl (C=O) groups is 1. The van der Waals surface area contributed by atoms with Crippen LogP contribution >= 0.6 is 0 Å². The van der Waals surface area contributed by atoms with E-state index in [4.69, 9.17) is 0 Å². The molecule has 0 bridgehead atoms. The number of aromatic nitrogens is 2. The van der Waals surface area contributed by atoms with Crippen molar-refractivity contribution in [2.24, 2.45) is 0 Å². The SMILES string of the molecule is CC1Cc2nn3c(c2CN1C(=O)O)C(F)(F)CC(O)(CF)CC3. The van der Waals surface area contributed by atoms with Gasteiger partial charge < -0.3 is 15.1 Å². The fourth-order valence-electron chi connectivity index (χ4n) is 3.44. The van der Waals surface area contributed by atoms with Crippen LogP contribution in [0.4, 0.5) is 18.0 Å². The molecule has 2 aliphatic rings. The molecule has 0 spiro atoms. The molecule has 1 aromatic rings. The zero-order valence-corrected chi connectivity index (χ0v) is 12.6. The van der Waals surface area contributed by atoms with E-state index in [2.05, 4.69) is 5.10 Å². The maximum absolute atomic E-state index is 14.6. The van der Waals surface area contributed by atoms with Crippen molar-refractivity contribution in [2.75, 3.05) is 6.67 Å². The molecule has 2 aliphatic heterocycles. The fraction of sp³-hybridized carbons (Fsp3) is 0.714. The Balaban J connectivity index is 2.06. The first-order valence-corrected chi connectivity index (χ1v) is 7.41. The molecular formula is C14H18F3N3O3. The molecule has 2 atom stereocenters. The fourth-order valence-corrected chi connectivity index (χ4v) is 3.44. The van der Waals surface area contributed by atoms with E-state index >= 15 is 0 Å². The van der Waals surface area contributed by atoms with Crippen molar-refractivity contribution < 1.29 is 28.2 Å². The third kappa shape index (κ3) is 2.56. The van der Waals surface area contributed by atoms with Gasteiger partial charge in [0.2, 0.25) is 0 Å². The van der Waals surface area contributed by atoms with E-state index in [9.17, 15) is 28.2 Å². The molecule has 0 saturated carbocycles. The number of alkyl halides is 3. The monoisotopic (exact) mass is 333 g/mol. The van der Waals surface area contributed by atoms with Crippen molar-refractivity contribution in [2.45, 2.75) is 56.8 Å². The van der Waals surface area contributed by atoms with Gasteiger partial charge in [0.05, 0.1) is 12.2 Å². The van der Waals surface area contributed by atoms with E-state index < -0.39 is 36.4 Å². The first kappa shape index (κ1) is 16.1. The van der Waals surface area contributed by atoms with Gasteiger partial charge in [-0.1, -0.05) is 0 Å². The Kier molecular flexibility index (Phi) is 3.58. The van der Waals surface area contributed by atoms with Gasteiger partial charge in [0.15, 0.2) is 0 Å². The number of amides is 1. The third-order valence-electron chi connectivity index (χ3n) is 4.66. The molecular weight excluding hydrogens is 315 g/mol. The van der Waals surface area contributed by atoms with Gasteiger partial charge in [-0.2, -0.15) is 13.9 Å². The molecule has 0 saturated heterocycles. The first-order chi connectivity index (χ1) is 10.7. The number of aryl methyl sites for hydroxylation is 1. The molecule has 9 heteroatoms. The number of nitrogens with zero attached hydrogens (tertiary/aromatic N) is 3. The van der Waals surface area contributed by atoms with Gasteiger partial charge in [0.1, 0.15) is 18.0 Å². The van der Waals surface area contributed by atoms with Gasteiger partial charge >= 0.3 is 6.09 Å². The lowest BCUT2D eigenvalue weighted by atomic mass is 9.91. The summed E-state index contributed by atoms with van der Waals surface area (Å²) in [7, 11) is 0. The van der Waals surface area contributed by atoms with Crippen LogP contribution in [-0.4, -0.2) is 49.3 Å². The Morgan fingerprint density at radius 3 is 2.78 bits per heavy atom. The van der Waals surface area contributed by atoms with Crippen molar-refractivity contribution in [1.82, 2.24) is 14.7 Å². The predicted octanol–water partition coefficient (Wildman–Crippen LogP) is 1.89. The van der Waals surface area contributed by atoms with Crippen LogP contribution in [0.3, 0.4) is 0 Å². The summed E-state index contributed by atoms with van der Waals surface area (Å²) < 4.78 is 43.3. The molecule has 128 valence electrons. The van der Waals surface area contributed by atoms with Crippen LogP contribution in [0.1, 0.15) is 36.7 Å². The zero-order valence-electron chi connectivity index (χ0n) is 12.6. The molecule has 2 unspecified atom stereocenters. The van der Waals surface area contributed by atoms with Crippen molar-refractivity contribution >= 4 is 6.09 Å². The molecule has 0 fully saturated rings. The molecule has 3 rings (SSSR count). The lowest BCUT2D eigenvalue weighted by Crippen LogP contribution is -2.42. The van der Waals surface area contributed by atoms with Gasteiger partial charge in [-0.3, -0.25) is 4.68 Å². The van der Waals surface area contributed by atoms with Crippen LogP contribution < -0.4 is 0 Å². The minimum absolute atomic E-state index is 0.0280. The topological polar surface area (TPSA) is 78.6 Å². The molecule has 6 nitrogen and oxygen atoms in total. The Morgan fingerprint density at radius 1 is 1.48 bits per heavy atom. The maximum Gasteiger partial charge on any atom is 0.407 e. The molecule has 3 heterocycles. The van der Waals surface area contributed by atoms with Crippen LogP contribution in [0.2, 0.25) is 0 Å². The zero-order chi connectivity index (χ0) is 17.0. The third-order valence-corrected chi connectivity index (χ3v) is 4.66. The summed E-state index contributed by atoms with van der Waals surface area (Å²) in [5, 5.41) is 23.4. The summed E-state index contributed by atoms with van der Waals surface area (Å²) in [4.78, 5) is 12.4. The molecule has 0 radical (unpaired) electrons. The molecule has 23 heavy (non-hydrogen) atoms. The smallest absolute Gasteiger partial charge is 0.407 e. The summed E-state index contributed by atoms with van der Waals surface area (Å²) in [5.74, 6) is -3.47. The number of aliphatic hydroxyl groups is 1. The molecule has 1 aromatic heterocycles. The van der Waals surface area contributed by atoms with E-state index in [0.717, 1.165) is 9.58 Å². The highest BCUT2D eigenvalue weighted by atomic mass is 19.3.